The molecule has 14 heavy (non-hydrogen) atoms. The van der Waals surface area contributed by atoms with Crippen LogP contribution in [0.3, 0.4) is 0 Å². The normalized spacial score (nSPS) is 15.2. The zero-order chi connectivity index (χ0) is 9.54. The molecular weight excluding hydrogens is 291 g/mol. The predicted octanol–water partition coefficient (Wildman–Crippen LogP) is 1.99. The molecule has 0 aliphatic carbocycles. The Balaban J connectivity index is 2.42. The second kappa shape index (κ2) is 3.08. The number of anilines is 1. The first-order valence-electron chi connectivity index (χ1n) is 4.61. The van der Waals surface area contributed by atoms with E-state index in [1.165, 1.54) is 10.9 Å². The lowest BCUT2D eigenvalue weighted by Gasteiger charge is -2.02. The monoisotopic (exact) mass is 300 g/mol. The van der Waals surface area contributed by atoms with Gasteiger partial charge < -0.3 is 5.32 Å². The molecular formula is C9H9IN4. The van der Waals surface area contributed by atoms with E-state index in [0.29, 0.717) is 0 Å². The molecule has 1 aliphatic heterocycles. The van der Waals surface area contributed by atoms with Gasteiger partial charge in [-0.15, -0.1) is 0 Å². The highest BCUT2D eigenvalue weighted by molar-refractivity contribution is 14.1. The van der Waals surface area contributed by atoms with Crippen molar-refractivity contribution in [3.8, 4) is 0 Å². The predicted molar refractivity (Wildman–Crippen MR) is 63.8 cm³/mol. The molecule has 0 bridgehead atoms. The third-order valence-electron chi connectivity index (χ3n) is 2.54. The number of rotatable bonds is 0. The van der Waals surface area contributed by atoms with Crippen LogP contribution in [0.15, 0.2) is 12.5 Å². The molecule has 2 aromatic heterocycles. The summed E-state index contributed by atoms with van der Waals surface area (Å²) in [4.78, 5) is 8.56. The molecule has 3 heterocycles. The Labute approximate surface area is 95.2 Å². The smallest absolute Gasteiger partial charge is 0.154 e. The van der Waals surface area contributed by atoms with Crippen molar-refractivity contribution in [2.75, 3.05) is 11.9 Å². The van der Waals surface area contributed by atoms with Crippen LogP contribution in [0.5, 0.6) is 0 Å². The fourth-order valence-corrected chi connectivity index (χ4v) is 2.61. The van der Waals surface area contributed by atoms with Crippen LogP contribution < -0.4 is 5.32 Å². The summed E-state index contributed by atoms with van der Waals surface area (Å²) in [5, 5.41) is 4.53. The lowest BCUT2D eigenvalue weighted by molar-refractivity contribution is 0.875. The van der Waals surface area contributed by atoms with Crippen LogP contribution in [0.1, 0.15) is 12.0 Å². The van der Waals surface area contributed by atoms with Crippen LogP contribution in [0.25, 0.3) is 11.0 Å². The minimum absolute atomic E-state index is 0.984. The van der Waals surface area contributed by atoms with E-state index in [2.05, 4.69) is 44.3 Å². The van der Waals surface area contributed by atoms with E-state index in [1.807, 2.05) is 2.78 Å². The number of aryl methyl sites for hydroxylation is 1. The standard InChI is InChI=1S/C9H9IN4/c10-14-4-6-2-1-3-11-8-7(6)9(14)13-5-12-8/h4-5H,1-3H2,(H,11,12,13). The molecule has 1 N–H and O–H groups in total. The number of nitrogens with one attached hydrogen (secondary N) is 1. The van der Waals surface area contributed by atoms with E-state index in [9.17, 15) is 0 Å². The first-order chi connectivity index (χ1) is 6.86. The summed E-state index contributed by atoms with van der Waals surface area (Å²) in [5.74, 6) is 0.984. The molecule has 0 spiro atoms. The Kier molecular flexibility index (Phi) is 1.86. The maximum Gasteiger partial charge on any atom is 0.154 e. The van der Waals surface area contributed by atoms with Crippen molar-refractivity contribution in [1.29, 1.82) is 0 Å². The Hall–Kier alpha value is -0.850. The molecule has 72 valence electrons. The molecule has 2 aromatic rings. The molecule has 0 unspecified atom stereocenters. The lowest BCUT2D eigenvalue weighted by atomic mass is 10.1. The molecule has 0 atom stereocenters. The van der Waals surface area contributed by atoms with Gasteiger partial charge in [0, 0.05) is 12.7 Å². The quantitative estimate of drug-likeness (QED) is 0.757. The van der Waals surface area contributed by atoms with Gasteiger partial charge in [0.2, 0.25) is 0 Å². The SMILES string of the molecule is In1cc2c3c(ncnc31)NCCC2. The van der Waals surface area contributed by atoms with Crippen LogP contribution in [-0.2, 0) is 6.42 Å². The summed E-state index contributed by atoms with van der Waals surface area (Å²) in [5.41, 5.74) is 2.37. The highest BCUT2D eigenvalue weighted by Crippen LogP contribution is 2.29. The number of hydrogen-bond acceptors (Lipinski definition) is 3. The van der Waals surface area contributed by atoms with Crippen LogP contribution in [-0.4, -0.2) is 19.3 Å². The second-order valence-electron chi connectivity index (χ2n) is 3.42. The first kappa shape index (κ1) is 8.46. The number of nitrogens with zero attached hydrogens (tertiary/aromatic N) is 3. The van der Waals surface area contributed by atoms with Crippen molar-refractivity contribution in [1.82, 2.24) is 12.7 Å². The van der Waals surface area contributed by atoms with Crippen molar-refractivity contribution in [2.45, 2.75) is 12.8 Å². The van der Waals surface area contributed by atoms with Crippen LogP contribution in [0.4, 0.5) is 5.82 Å². The van der Waals surface area contributed by atoms with Gasteiger partial charge in [0.1, 0.15) is 12.1 Å². The van der Waals surface area contributed by atoms with E-state index in [4.69, 9.17) is 0 Å². The Morgan fingerprint density at radius 1 is 1.43 bits per heavy atom. The van der Waals surface area contributed by atoms with Crippen LogP contribution >= 0.6 is 22.9 Å². The summed E-state index contributed by atoms with van der Waals surface area (Å²) in [6, 6.07) is 0. The van der Waals surface area contributed by atoms with E-state index in [0.717, 1.165) is 30.9 Å². The van der Waals surface area contributed by atoms with E-state index < -0.39 is 0 Å². The second-order valence-corrected chi connectivity index (χ2v) is 4.46. The van der Waals surface area contributed by atoms with E-state index >= 15 is 0 Å². The van der Waals surface area contributed by atoms with E-state index in [1.54, 1.807) is 6.33 Å². The van der Waals surface area contributed by atoms with Crippen LogP contribution in [0, 0.1) is 0 Å². The molecule has 1 aliphatic rings. The molecule has 0 radical (unpaired) electrons. The molecule has 0 amide bonds. The Morgan fingerprint density at radius 2 is 2.36 bits per heavy atom. The molecule has 5 heteroatoms. The van der Waals surface area contributed by atoms with Gasteiger partial charge in [-0.2, -0.15) is 0 Å². The minimum atomic E-state index is 0.984. The molecule has 0 fully saturated rings. The zero-order valence-corrected chi connectivity index (χ0v) is 9.65. The van der Waals surface area contributed by atoms with Gasteiger partial charge in [-0.05, 0) is 18.4 Å². The van der Waals surface area contributed by atoms with E-state index in [-0.39, 0.29) is 0 Å². The number of aromatic nitrogens is 3. The highest BCUT2D eigenvalue weighted by Gasteiger charge is 2.15. The lowest BCUT2D eigenvalue weighted by Crippen LogP contribution is -2.02. The summed E-state index contributed by atoms with van der Waals surface area (Å²) >= 11 is 2.26. The third-order valence-corrected chi connectivity index (χ3v) is 3.27. The molecule has 4 nitrogen and oxygen atoms in total. The van der Waals surface area contributed by atoms with Crippen molar-refractivity contribution >= 4 is 39.7 Å². The summed E-state index contributed by atoms with van der Waals surface area (Å²) < 4.78 is 2.04. The Morgan fingerprint density at radius 3 is 3.29 bits per heavy atom. The fraction of sp³-hybridized carbons (Fsp3) is 0.333. The Bertz CT molecular complexity index is 491. The van der Waals surface area contributed by atoms with Crippen molar-refractivity contribution in [2.24, 2.45) is 0 Å². The largest absolute Gasteiger partial charge is 0.369 e. The summed E-state index contributed by atoms with van der Waals surface area (Å²) in [6.07, 6.45) is 6.04. The maximum atomic E-state index is 4.29. The average Bonchev–Trinajstić information content (AvgIpc) is 2.41. The average molecular weight is 300 g/mol. The molecule has 3 rings (SSSR count). The van der Waals surface area contributed by atoms with Gasteiger partial charge in [-0.3, -0.25) is 2.78 Å². The van der Waals surface area contributed by atoms with Crippen molar-refractivity contribution < 1.29 is 0 Å². The fourth-order valence-electron chi connectivity index (χ4n) is 1.91. The highest BCUT2D eigenvalue weighted by atomic mass is 127. The van der Waals surface area contributed by atoms with Gasteiger partial charge in [0.25, 0.3) is 0 Å². The number of halogens is 1. The van der Waals surface area contributed by atoms with Gasteiger partial charge in [-0.25, -0.2) is 9.97 Å². The zero-order valence-electron chi connectivity index (χ0n) is 7.50. The van der Waals surface area contributed by atoms with Gasteiger partial charge in [0.15, 0.2) is 5.65 Å². The van der Waals surface area contributed by atoms with Crippen molar-refractivity contribution in [3.05, 3.63) is 18.1 Å². The van der Waals surface area contributed by atoms with Crippen molar-refractivity contribution in [3.63, 3.8) is 0 Å². The number of hydrogen-bond donors (Lipinski definition) is 1. The topological polar surface area (TPSA) is 42.7 Å². The van der Waals surface area contributed by atoms with Gasteiger partial charge in [-0.1, -0.05) is 0 Å². The molecule has 0 aromatic carbocycles. The van der Waals surface area contributed by atoms with Gasteiger partial charge in [0.05, 0.1) is 28.3 Å². The van der Waals surface area contributed by atoms with Gasteiger partial charge >= 0.3 is 0 Å². The maximum absolute atomic E-state index is 4.29. The molecule has 0 saturated carbocycles. The summed E-state index contributed by atoms with van der Waals surface area (Å²) in [7, 11) is 0. The molecule has 0 saturated heterocycles. The van der Waals surface area contributed by atoms with Crippen LogP contribution in [0.2, 0.25) is 0 Å². The minimum Gasteiger partial charge on any atom is -0.369 e. The summed E-state index contributed by atoms with van der Waals surface area (Å²) in [6.45, 7) is 1.00. The third kappa shape index (κ3) is 1.11. The first-order valence-corrected chi connectivity index (χ1v) is 5.58.